The molecule has 4 aromatic carbocycles. The van der Waals surface area contributed by atoms with Gasteiger partial charge in [-0.15, -0.1) is 5.16 Å². The molecule has 9 heteroatoms. The molecule has 1 heterocycles. The van der Waals surface area contributed by atoms with Crippen LogP contribution >= 0.6 is 0 Å². The van der Waals surface area contributed by atoms with Gasteiger partial charge in [-0.25, -0.2) is 0 Å². The summed E-state index contributed by atoms with van der Waals surface area (Å²) < 4.78 is 22.0. The molecule has 48 heavy (non-hydrogen) atoms. The van der Waals surface area contributed by atoms with Crippen molar-refractivity contribution in [2.24, 2.45) is 5.16 Å². The second-order valence-electron chi connectivity index (χ2n) is 14.9. The number of ether oxygens (including phenoxy) is 1. The van der Waals surface area contributed by atoms with Gasteiger partial charge in [-0.2, -0.15) is 0 Å². The Bertz CT molecular complexity index is 1540. The third-order valence-electron chi connectivity index (χ3n) is 9.80. The molecule has 0 bridgehead atoms. The van der Waals surface area contributed by atoms with Crippen LogP contribution in [0.5, 0.6) is 0 Å². The highest BCUT2D eigenvalue weighted by Crippen LogP contribution is 2.44. The highest BCUT2D eigenvalue weighted by atomic mass is 28.4. The molecule has 1 fully saturated rings. The molecule has 0 aliphatic carbocycles. The quantitative estimate of drug-likeness (QED) is 0.138. The maximum absolute atomic E-state index is 12.1. The number of aliphatic hydroxyl groups is 1. The van der Waals surface area contributed by atoms with Crippen molar-refractivity contribution in [1.82, 2.24) is 0 Å². The van der Waals surface area contributed by atoms with Crippen LogP contribution in [-0.2, 0) is 18.4 Å². The highest BCUT2D eigenvalue weighted by molar-refractivity contribution is 7.00. The second-order valence-corrected chi connectivity index (χ2v) is 23.5. The van der Waals surface area contributed by atoms with Crippen LogP contribution in [0.25, 0.3) is 0 Å². The summed E-state index contributed by atoms with van der Waals surface area (Å²) in [6.07, 6.45) is -1.76. The molecule has 4 atom stereocenters. The number of rotatable bonds is 12. The van der Waals surface area contributed by atoms with E-state index >= 15 is 0 Å². The summed E-state index contributed by atoms with van der Waals surface area (Å²) in [4.78, 5) is 5.77. The van der Waals surface area contributed by atoms with E-state index in [0.29, 0.717) is 0 Å². The molecular formula is C39H50BNO5Si2. The van der Waals surface area contributed by atoms with Crippen LogP contribution < -0.4 is 20.7 Å². The summed E-state index contributed by atoms with van der Waals surface area (Å²) in [5.74, 6) is 0. The van der Waals surface area contributed by atoms with Crippen molar-refractivity contribution in [3.8, 4) is 0 Å². The maximum atomic E-state index is 12.1. The zero-order chi connectivity index (χ0) is 34.6. The van der Waals surface area contributed by atoms with E-state index in [9.17, 15) is 5.11 Å². The minimum atomic E-state index is -3.14. The number of aliphatic hydroxyl groups excluding tert-OH is 1. The summed E-state index contributed by atoms with van der Waals surface area (Å²) in [5, 5.41) is 19.8. The van der Waals surface area contributed by atoms with Crippen molar-refractivity contribution in [2.75, 3.05) is 13.2 Å². The number of benzene rings is 4. The summed E-state index contributed by atoms with van der Waals surface area (Å²) in [6.45, 7) is 17.2. The van der Waals surface area contributed by atoms with E-state index < -0.39 is 40.4 Å². The SMILES string of the molecule is B[C@@H]1O[C@](CON=C)(CO[Si](c2ccccc2)(c2ccccc2)C(C)(C)C)[C@@H](O[Si](c2ccccc2)(c2ccccc2)C(C)(C)C)[C@@H]1O. The fraction of sp³-hybridized carbons (Fsp3) is 0.359. The van der Waals surface area contributed by atoms with E-state index in [4.69, 9.17) is 18.4 Å². The van der Waals surface area contributed by atoms with Gasteiger partial charge in [-0.05, 0) is 30.8 Å². The van der Waals surface area contributed by atoms with Crippen molar-refractivity contribution in [3.63, 3.8) is 0 Å². The van der Waals surface area contributed by atoms with Gasteiger partial charge in [0, 0.05) is 6.72 Å². The van der Waals surface area contributed by atoms with Crippen LogP contribution in [0.1, 0.15) is 41.5 Å². The van der Waals surface area contributed by atoms with E-state index in [0.717, 1.165) is 20.7 Å². The fourth-order valence-corrected chi connectivity index (χ4v) is 16.9. The van der Waals surface area contributed by atoms with E-state index in [1.54, 1.807) is 0 Å². The van der Waals surface area contributed by atoms with Gasteiger partial charge in [0.1, 0.15) is 20.1 Å². The normalized spacial score (nSPS) is 21.9. The Morgan fingerprint density at radius 3 is 1.42 bits per heavy atom. The Labute approximate surface area is 289 Å². The van der Waals surface area contributed by atoms with Crippen molar-refractivity contribution < 1.29 is 23.5 Å². The average Bonchev–Trinajstić information content (AvgIpc) is 3.31. The Morgan fingerprint density at radius 2 is 1.06 bits per heavy atom. The van der Waals surface area contributed by atoms with Gasteiger partial charge >= 0.3 is 0 Å². The minimum absolute atomic E-state index is 0.00102. The van der Waals surface area contributed by atoms with Gasteiger partial charge in [0.15, 0.2) is 12.2 Å². The Kier molecular flexibility index (Phi) is 10.7. The van der Waals surface area contributed by atoms with Crippen LogP contribution in [0, 0.1) is 0 Å². The summed E-state index contributed by atoms with van der Waals surface area (Å²) in [7, 11) is -4.26. The van der Waals surface area contributed by atoms with Crippen molar-refractivity contribution in [2.45, 2.75) is 75.4 Å². The lowest BCUT2D eigenvalue weighted by atomic mass is 9.90. The molecule has 1 N–H and O–H groups in total. The van der Waals surface area contributed by atoms with Crippen LogP contribution in [0.3, 0.4) is 0 Å². The van der Waals surface area contributed by atoms with Crippen LogP contribution in [0.4, 0.5) is 0 Å². The van der Waals surface area contributed by atoms with Crippen molar-refractivity contribution in [1.29, 1.82) is 0 Å². The summed E-state index contributed by atoms with van der Waals surface area (Å²) >= 11 is 0. The first-order valence-corrected chi connectivity index (χ1v) is 20.6. The third kappa shape index (κ3) is 6.52. The van der Waals surface area contributed by atoms with Gasteiger partial charge in [-0.3, -0.25) is 0 Å². The summed E-state index contributed by atoms with van der Waals surface area (Å²) in [5.41, 5.74) is -1.21. The minimum Gasteiger partial charge on any atom is -0.404 e. The van der Waals surface area contributed by atoms with Crippen molar-refractivity contribution >= 4 is 51.9 Å². The van der Waals surface area contributed by atoms with Gasteiger partial charge in [0.25, 0.3) is 16.6 Å². The number of hydrogen-bond donors (Lipinski definition) is 1. The van der Waals surface area contributed by atoms with E-state index in [1.165, 1.54) is 0 Å². The van der Waals surface area contributed by atoms with Gasteiger partial charge in [-0.1, -0.05) is 163 Å². The third-order valence-corrected chi connectivity index (χ3v) is 19.8. The van der Waals surface area contributed by atoms with Gasteiger partial charge in [0.05, 0.1) is 12.6 Å². The zero-order valence-electron chi connectivity index (χ0n) is 29.4. The molecular weight excluding hydrogens is 629 g/mol. The Balaban J connectivity index is 1.70. The molecule has 0 spiro atoms. The largest absolute Gasteiger partial charge is 0.404 e. The molecule has 0 unspecified atom stereocenters. The number of oxime groups is 1. The summed E-state index contributed by atoms with van der Waals surface area (Å²) in [6, 6.07) is 41.4. The second kappa shape index (κ2) is 14.3. The van der Waals surface area contributed by atoms with E-state index in [1.807, 2.05) is 32.1 Å². The van der Waals surface area contributed by atoms with E-state index in [-0.39, 0.29) is 23.3 Å². The smallest absolute Gasteiger partial charge is 0.261 e. The van der Waals surface area contributed by atoms with Gasteiger partial charge in [0.2, 0.25) is 0 Å². The molecule has 0 aromatic heterocycles. The molecule has 0 radical (unpaired) electrons. The van der Waals surface area contributed by atoms with Crippen molar-refractivity contribution in [3.05, 3.63) is 121 Å². The monoisotopic (exact) mass is 679 g/mol. The number of hydrogen-bond acceptors (Lipinski definition) is 6. The lowest BCUT2D eigenvalue weighted by Gasteiger charge is -2.49. The molecule has 0 saturated carbocycles. The Morgan fingerprint density at radius 1 is 0.688 bits per heavy atom. The highest BCUT2D eigenvalue weighted by Gasteiger charge is 2.62. The Hall–Kier alpha value is -3.31. The molecule has 4 aromatic rings. The molecule has 1 saturated heterocycles. The topological polar surface area (TPSA) is 69.5 Å². The van der Waals surface area contributed by atoms with Crippen LogP contribution in [0.15, 0.2) is 126 Å². The average molecular weight is 680 g/mol. The lowest BCUT2D eigenvalue weighted by molar-refractivity contribution is -0.131. The zero-order valence-corrected chi connectivity index (χ0v) is 31.4. The maximum Gasteiger partial charge on any atom is 0.261 e. The molecule has 252 valence electrons. The van der Waals surface area contributed by atoms with Crippen LogP contribution in [-0.4, -0.2) is 73.3 Å². The molecule has 6 nitrogen and oxygen atoms in total. The number of nitrogens with zero attached hydrogens (tertiary/aromatic N) is 1. The van der Waals surface area contributed by atoms with Crippen LogP contribution in [0.2, 0.25) is 10.1 Å². The molecule has 1 aliphatic rings. The fourth-order valence-electron chi connectivity index (χ4n) is 7.54. The first-order valence-electron chi connectivity index (χ1n) is 16.8. The van der Waals surface area contributed by atoms with Gasteiger partial charge < -0.3 is 23.5 Å². The molecule has 0 amide bonds. The molecule has 5 rings (SSSR count). The predicted molar refractivity (Wildman–Crippen MR) is 204 cm³/mol. The van der Waals surface area contributed by atoms with E-state index in [2.05, 4.69) is 150 Å². The first kappa shape index (κ1) is 36.0. The molecule has 1 aliphatic heterocycles. The standard InChI is InChI=1S/C39H50BNO5Si2/c1-37(2,3)47(30-20-12-8-13-21-30,31-22-14-9-15-23-31)44-29-39(28-43-41-7)35(34(42)36(40)45-39)46-48(38(4,5)6,32-24-16-10-17-25-32)33-26-18-11-19-27-33/h8-27,34-36,42H,7,28-29,40H2,1-6H3/t34-,35-,36+,39+/m0/s1. The first-order chi connectivity index (χ1) is 22.8. The lowest BCUT2D eigenvalue weighted by Crippen LogP contribution is -2.72. The predicted octanol–water partition coefficient (Wildman–Crippen LogP) is 4.23.